The zero-order valence-corrected chi connectivity index (χ0v) is 17.0. The summed E-state index contributed by atoms with van der Waals surface area (Å²) >= 11 is 1.70. The summed E-state index contributed by atoms with van der Waals surface area (Å²) in [5.74, 6) is 1.30. The molecule has 0 spiro atoms. The number of aliphatic imine (C=N–C) groups is 1. The van der Waals surface area contributed by atoms with Gasteiger partial charge in [-0.25, -0.2) is 9.98 Å². The van der Waals surface area contributed by atoms with Gasteiger partial charge in [0.2, 0.25) is 0 Å². The summed E-state index contributed by atoms with van der Waals surface area (Å²) in [6.07, 6.45) is 0. The molecule has 0 bridgehead atoms. The lowest BCUT2D eigenvalue weighted by Gasteiger charge is -2.10. The van der Waals surface area contributed by atoms with Crippen LogP contribution in [0.25, 0.3) is 0 Å². The molecule has 2 rings (SSSR count). The lowest BCUT2D eigenvalue weighted by Crippen LogP contribution is -2.36. The minimum absolute atomic E-state index is 0. The Morgan fingerprint density at radius 2 is 1.96 bits per heavy atom. The second kappa shape index (κ2) is 10.6. The number of halogens is 1. The molecule has 0 fully saturated rings. The van der Waals surface area contributed by atoms with Gasteiger partial charge in [0.15, 0.2) is 5.96 Å². The van der Waals surface area contributed by atoms with Crippen molar-refractivity contribution in [2.75, 3.05) is 6.54 Å². The molecule has 0 unspecified atom stereocenters. The van der Waals surface area contributed by atoms with Gasteiger partial charge < -0.3 is 10.6 Å². The minimum atomic E-state index is 0. The summed E-state index contributed by atoms with van der Waals surface area (Å²) in [5, 5.41) is 9.84. The van der Waals surface area contributed by atoms with Gasteiger partial charge in [-0.1, -0.05) is 44.2 Å². The zero-order chi connectivity index (χ0) is 15.8. The fraction of sp³-hybridized carbons (Fsp3) is 0.412. The second-order valence-corrected chi connectivity index (χ2v) is 6.30. The van der Waals surface area contributed by atoms with Gasteiger partial charge in [-0.3, -0.25) is 0 Å². The van der Waals surface area contributed by atoms with Gasteiger partial charge in [-0.05, 0) is 18.4 Å². The zero-order valence-electron chi connectivity index (χ0n) is 13.9. The number of rotatable bonds is 6. The first-order valence-electron chi connectivity index (χ1n) is 7.69. The highest BCUT2D eigenvalue weighted by atomic mass is 127. The summed E-state index contributed by atoms with van der Waals surface area (Å²) < 4.78 is 0. The van der Waals surface area contributed by atoms with Crippen molar-refractivity contribution < 1.29 is 0 Å². The number of nitrogens with one attached hydrogen (secondary N) is 2. The lowest BCUT2D eigenvalue weighted by molar-refractivity contribution is 0.788. The average molecular weight is 444 g/mol. The first-order valence-corrected chi connectivity index (χ1v) is 8.57. The first kappa shape index (κ1) is 19.9. The molecule has 0 aliphatic carbocycles. The van der Waals surface area contributed by atoms with E-state index in [1.54, 1.807) is 11.3 Å². The minimum Gasteiger partial charge on any atom is -0.357 e. The van der Waals surface area contributed by atoms with Crippen molar-refractivity contribution in [2.24, 2.45) is 4.99 Å². The van der Waals surface area contributed by atoms with Crippen LogP contribution in [0.3, 0.4) is 0 Å². The molecule has 0 radical (unpaired) electrons. The van der Waals surface area contributed by atoms with Crippen LogP contribution < -0.4 is 10.6 Å². The third kappa shape index (κ3) is 6.87. The molecule has 0 saturated heterocycles. The van der Waals surface area contributed by atoms with Gasteiger partial charge in [-0.2, -0.15) is 0 Å². The molecule has 2 aromatic rings. The van der Waals surface area contributed by atoms with E-state index in [0.29, 0.717) is 19.0 Å². The van der Waals surface area contributed by atoms with Crippen molar-refractivity contribution >= 4 is 41.3 Å². The Labute approximate surface area is 159 Å². The topological polar surface area (TPSA) is 49.3 Å². The Morgan fingerprint density at radius 1 is 1.22 bits per heavy atom. The molecule has 0 aliphatic rings. The van der Waals surface area contributed by atoms with Crippen molar-refractivity contribution in [3.63, 3.8) is 0 Å². The summed E-state index contributed by atoms with van der Waals surface area (Å²) in [4.78, 5) is 9.25. The smallest absolute Gasteiger partial charge is 0.191 e. The number of thiazole rings is 1. The number of nitrogens with zero attached hydrogens (tertiary/aromatic N) is 2. The normalized spacial score (nSPS) is 11.2. The predicted molar refractivity (Wildman–Crippen MR) is 110 cm³/mol. The molecule has 0 atom stereocenters. The van der Waals surface area contributed by atoms with Gasteiger partial charge in [0, 0.05) is 11.9 Å². The molecule has 4 nitrogen and oxygen atoms in total. The SMILES string of the molecule is CCNC(=NCc1ccccc1)NCc1nc(C(C)C)cs1.I. The Balaban J connectivity index is 0.00000264. The van der Waals surface area contributed by atoms with Crippen LogP contribution in [-0.4, -0.2) is 17.5 Å². The standard InChI is InChI=1S/C17H24N4S.HI/c1-4-18-17(19-10-14-8-6-5-7-9-14)20-11-16-21-15(12-22-16)13(2)3;/h5-9,12-13H,4,10-11H2,1-3H3,(H2,18,19,20);1H. The summed E-state index contributed by atoms with van der Waals surface area (Å²) in [6.45, 7) is 8.62. The van der Waals surface area contributed by atoms with Crippen molar-refractivity contribution in [2.45, 2.75) is 39.8 Å². The van der Waals surface area contributed by atoms with E-state index in [0.717, 1.165) is 23.2 Å². The molecule has 2 N–H and O–H groups in total. The maximum absolute atomic E-state index is 4.63. The molecule has 6 heteroatoms. The summed E-state index contributed by atoms with van der Waals surface area (Å²) in [6, 6.07) is 10.3. The molecule has 1 aromatic heterocycles. The van der Waals surface area contributed by atoms with E-state index < -0.39 is 0 Å². The molecule has 0 aliphatic heterocycles. The largest absolute Gasteiger partial charge is 0.357 e. The average Bonchev–Trinajstić information content (AvgIpc) is 3.00. The Hall–Kier alpha value is -1.15. The maximum atomic E-state index is 4.63. The highest BCUT2D eigenvalue weighted by Gasteiger charge is 2.06. The van der Waals surface area contributed by atoms with E-state index in [-0.39, 0.29) is 24.0 Å². The summed E-state index contributed by atoms with van der Waals surface area (Å²) in [5.41, 5.74) is 2.36. The van der Waals surface area contributed by atoms with Crippen LogP contribution in [0, 0.1) is 0 Å². The molecule has 1 aromatic carbocycles. The third-order valence-corrected chi connectivity index (χ3v) is 4.04. The van der Waals surface area contributed by atoms with Gasteiger partial charge in [-0.15, -0.1) is 35.3 Å². The van der Waals surface area contributed by atoms with Crippen LogP contribution in [0.4, 0.5) is 0 Å². The lowest BCUT2D eigenvalue weighted by atomic mass is 10.2. The molecule has 0 saturated carbocycles. The van der Waals surface area contributed by atoms with E-state index in [1.807, 2.05) is 18.2 Å². The van der Waals surface area contributed by atoms with Crippen LogP contribution in [0.5, 0.6) is 0 Å². The highest BCUT2D eigenvalue weighted by molar-refractivity contribution is 14.0. The Kier molecular flexibility index (Phi) is 9.16. The van der Waals surface area contributed by atoms with Crippen LogP contribution in [0.1, 0.15) is 43.0 Å². The molecular weight excluding hydrogens is 419 g/mol. The second-order valence-electron chi connectivity index (χ2n) is 5.36. The van der Waals surface area contributed by atoms with Gasteiger partial charge in [0.1, 0.15) is 5.01 Å². The Bertz CT molecular complexity index is 596. The third-order valence-electron chi connectivity index (χ3n) is 3.17. The van der Waals surface area contributed by atoms with Gasteiger partial charge >= 0.3 is 0 Å². The number of hydrogen-bond acceptors (Lipinski definition) is 3. The van der Waals surface area contributed by atoms with E-state index in [2.05, 4.69) is 58.9 Å². The monoisotopic (exact) mass is 444 g/mol. The van der Waals surface area contributed by atoms with Crippen molar-refractivity contribution in [3.8, 4) is 0 Å². The van der Waals surface area contributed by atoms with E-state index in [1.165, 1.54) is 5.56 Å². The van der Waals surface area contributed by atoms with Crippen molar-refractivity contribution in [1.29, 1.82) is 0 Å². The highest BCUT2D eigenvalue weighted by Crippen LogP contribution is 2.17. The number of benzene rings is 1. The van der Waals surface area contributed by atoms with E-state index >= 15 is 0 Å². The molecule has 0 amide bonds. The molecule has 126 valence electrons. The van der Waals surface area contributed by atoms with Gasteiger partial charge in [0.25, 0.3) is 0 Å². The van der Waals surface area contributed by atoms with Gasteiger partial charge in [0.05, 0.1) is 18.8 Å². The van der Waals surface area contributed by atoms with Crippen molar-refractivity contribution in [3.05, 3.63) is 52.0 Å². The quantitative estimate of drug-likeness (QED) is 0.400. The maximum Gasteiger partial charge on any atom is 0.191 e. The number of hydrogen-bond donors (Lipinski definition) is 2. The van der Waals surface area contributed by atoms with Crippen LogP contribution in [0.15, 0.2) is 40.7 Å². The van der Waals surface area contributed by atoms with Crippen LogP contribution >= 0.6 is 35.3 Å². The Morgan fingerprint density at radius 3 is 2.57 bits per heavy atom. The van der Waals surface area contributed by atoms with Crippen LogP contribution in [-0.2, 0) is 13.1 Å². The van der Waals surface area contributed by atoms with E-state index in [9.17, 15) is 0 Å². The molecule has 1 heterocycles. The molecular formula is C17H25IN4S. The predicted octanol–water partition coefficient (Wildman–Crippen LogP) is 4.14. The number of aromatic nitrogens is 1. The number of guanidine groups is 1. The summed E-state index contributed by atoms with van der Waals surface area (Å²) in [7, 11) is 0. The fourth-order valence-corrected chi connectivity index (χ4v) is 2.82. The van der Waals surface area contributed by atoms with Crippen LogP contribution in [0.2, 0.25) is 0 Å². The first-order chi connectivity index (χ1) is 10.7. The van der Waals surface area contributed by atoms with E-state index in [4.69, 9.17) is 0 Å². The fourth-order valence-electron chi connectivity index (χ4n) is 1.93. The van der Waals surface area contributed by atoms with Crippen molar-refractivity contribution in [1.82, 2.24) is 15.6 Å². The molecule has 23 heavy (non-hydrogen) atoms.